The van der Waals surface area contributed by atoms with Gasteiger partial charge < -0.3 is 9.80 Å². The molecule has 0 saturated carbocycles. The largest absolute Gasteiger partial charge is 0.341 e. The molecule has 3 aromatic rings. The summed E-state index contributed by atoms with van der Waals surface area (Å²) in [7, 11) is 1.79. The maximum absolute atomic E-state index is 13.2. The SMILES string of the molecule is CN(CCc1ccncc1)C(=O)c1cccc(C(=O)N2CCCc3ccccc32)c1. The number of carbonyl (C=O) groups is 2. The topological polar surface area (TPSA) is 53.5 Å². The van der Waals surface area contributed by atoms with Crippen LogP contribution in [0.2, 0.25) is 0 Å². The second-order valence-corrected chi connectivity index (χ2v) is 7.60. The molecule has 0 saturated heterocycles. The number of para-hydroxylation sites is 1. The van der Waals surface area contributed by atoms with Gasteiger partial charge in [0.1, 0.15) is 0 Å². The molecular weight excluding hydrogens is 374 g/mol. The van der Waals surface area contributed by atoms with Gasteiger partial charge in [-0.15, -0.1) is 0 Å². The van der Waals surface area contributed by atoms with Crippen molar-refractivity contribution in [2.75, 3.05) is 25.0 Å². The third-order valence-electron chi connectivity index (χ3n) is 5.54. The highest BCUT2D eigenvalue weighted by atomic mass is 16.2. The average molecular weight is 399 g/mol. The molecule has 1 aliphatic heterocycles. The molecule has 0 atom stereocenters. The van der Waals surface area contributed by atoms with Crippen LogP contribution in [0, 0.1) is 0 Å². The molecule has 152 valence electrons. The second-order valence-electron chi connectivity index (χ2n) is 7.60. The van der Waals surface area contributed by atoms with Gasteiger partial charge in [0.25, 0.3) is 11.8 Å². The number of aromatic nitrogens is 1. The Morgan fingerprint density at radius 1 is 1.00 bits per heavy atom. The Kier molecular flexibility index (Phi) is 5.89. The normalized spacial score (nSPS) is 12.9. The van der Waals surface area contributed by atoms with E-state index in [1.807, 2.05) is 35.2 Å². The number of nitrogens with zero attached hydrogens (tertiary/aromatic N) is 3. The molecule has 0 aliphatic carbocycles. The third-order valence-corrected chi connectivity index (χ3v) is 5.54. The van der Waals surface area contributed by atoms with E-state index in [1.165, 1.54) is 5.56 Å². The van der Waals surface area contributed by atoms with Crippen molar-refractivity contribution >= 4 is 17.5 Å². The summed E-state index contributed by atoms with van der Waals surface area (Å²) in [4.78, 5) is 33.7. The zero-order valence-electron chi connectivity index (χ0n) is 17.1. The first kappa shape index (κ1) is 19.8. The van der Waals surface area contributed by atoms with Crippen molar-refractivity contribution in [2.24, 2.45) is 0 Å². The summed E-state index contributed by atoms with van der Waals surface area (Å²) in [6, 6.07) is 19.0. The van der Waals surface area contributed by atoms with Crippen LogP contribution in [0.5, 0.6) is 0 Å². The fourth-order valence-corrected chi connectivity index (χ4v) is 3.85. The van der Waals surface area contributed by atoms with Gasteiger partial charge in [-0.25, -0.2) is 0 Å². The van der Waals surface area contributed by atoms with E-state index in [1.54, 1.807) is 48.6 Å². The summed E-state index contributed by atoms with van der Waals surface area (Å²) >= 11 is 0. The fourth-order valence-electron chi connectivity index (χ4n) is 3.85. The molecule has 0 bridgehead atoms. The smallest absolute Gasteiger partial charge is 0.258 e. The van der Waals surface area contributed by atoms with Crippen LogP contribution >= 0.6 is 0 Å². The molecule has 4 rings (SSSR count). The zero-order chi connectivity index (χ0) is 20.9. The van der Waals surface area contributed by atoms with Gasteiger partial charge in [-0.1, -0.05) is 24.3 Å². The van der Waals surface area contributed by atoms with E-state index in [2.05, 4.69) is 11.1 Å². The summed E-state index contributed by atoms with van der Waals surface area (Å²) in [6.07, 6.45) is 6.20. The first-order valence-corrected chi connectivity index (χ1v) is 10.3. The van der Waals surface area contributed by atoms with Crippen molar-refractivity contribution in [3.05, 3.63) is 95.3 Å². The number of rotatable bonds is 5. The van der Waals surface area contributed by atoms with Crippen LogP contribution in [0.25, 0.3) is 0 Å². The van der Waals surface area contributed by atoms with Crippen LogP contribution in [0.3, 0.4) is 0 Å². The van der Waals surface area contributed by atoms with Gasteiger partial charge in [-0.3, -0.25) is 14.6 Å². The number of aryl methyl sites for hydroxylation is 1. The maximum atomic E-state index is 13.2. The number of pyridine rings is 1. The minimum atomic E-state index is -0.0854. The van der Waals surface area contributed by atoms with E-state index >= 15 is 0 Å². The molecule has 2 heterocycles. The zero-order valence-corrected chi connectivity index (χ0v) is 17.1. The molecule has 30 heavy (non-hydrogen) atoms. The lowest BCUT2D eigenvalue weighted by Crippen LogP contribution is -2.35. The number of hydrogen-bond acceptors (Lipinski definition) is 3. The van der Waals surface area contributed by atoms with Crippen LogP contribution in [-0.4, -0.2) is 41.8 Å². The molecule has 5 heteroatoms. The van der Waals surface area contributed by atoms with Crippen molar-refractivity contribution in [1.29, 1.82) is 0 Å². The molecule has 2 amide bonds. The Hall–Kier alpha value is -3.47. The molecule has 2 aromatic carbocycles. The van der Waals surface area contributed by atoms with Gasteiger partial charge in [-0.05, 0) is 66.8 Å². The first-order valence-electron chi connectivity index (χ1n) is 10.3. The van der Waals surface area contributed by atoms with Crippen molar-refractivity contribution in [3.63, 3.8) is 0 Å². The Morgan fingerprint density at radius 2 is 1.77 bits per heavy atom. The lowest BCUT2D eigenvalue weighted by molar-refractivity contribution is 0.0796. The standard InChI is InChI=1S/C25H25N3O2/c1-27(17-13-19-11-14-26-15-12-19)24(29)21-7-4-8-22(18-21)25(30)28-16-5-9-20-6-2-3-10-23(20)28/h2-4,6-8,10-12,14-15,18H,5,9,13,16-17H2,1H3. The molecule has 1 aromatic heterocycles. The lowest BCUT2D eigenvalue weighted by Gasteiger charge is -2.29. The predicted octanol–water partition coefficient (Wildman–Crippen LogP) is 3.99. The monoisotopic (exact) mass is 399 g/mol. The van der Waals surface area contributed by atoms with Crippen LogP contribution in [0.4, 0.5) is 5.69 Å². The molecular formula is C25H25N3O2. The Balaban J connectivity index is 1.48. The predicted molar refractivity (Wildman–Crippen MR) is 118 cm³/mol. The minimum absolute atomic E-state index is 0.0590. The number of carbonyl (C=O) groups excluding carboxylic acids is 2. The number of benzene rings is 2. The third kappa shape index (κ3) is 4.25. The van der Waals surface area contributed by atoms with Gasteiger partial charge >= 0.3 is 0 Å². The summed E-state index contributed by atoms with van der Waals surface area (Å²) < 4.78 is 0. The fraction of sp³-hybridized carbons (Fsp3) is 0.240. The van der Waals surface area contributed by atoms with Crippen LogP contribution in [-0.2, 0) is 12.8 Å². The Morgan fingerprint density at radius 3 is 2.60 bits per heavy atom. The van der Waals surface area contributed by atoms with Crippen molar-refractivity contribution < 1.29 is 9.59 Å². The van der Waals surface area contributed by atoms with E-state index in [0.717, 1.165) is 30.5 Å². The number of likely N-dealkylation sites (N-methyl/N-ethyl adjacent to an activating group) is 1. The molecule has 0 unspecified atom stereocenters. The van der Waals surface area contributed by atoms with Crippen LogP contribution in [0.15, 0.2) is 73.1 Å². The number of fused-ring (bicyclic) bond motifs is 1. The number of amides is 2. The van der Waals surface area contributed by atoms with Gasteiger partial charge in [0.15, 0.2) is 0 Å². The summed E-state index contributed by atoms with van der Waals surface area (Å²) in [5.41, 5.74) is 4.38. The van der Waals surface area contributed by atoms with E-state index in [-0.39, 0.29) is 11.8 Å². The minimum Gasteiger partial charge on any atom is -0.341 e. The summed E-state index contributed by atoms with van der Waals surface area (Å²) in [6.45, 7) is 1.29. The lowest BCUT2D eigenvalue weighted by atomic mass is 10.0. The van der Waals surface area contributed by atoms with Gasteiger partial charge in [-0.2, -0.15) is 0 Å². The van der Waals surface area contributed by atoms with E-state index in [9.17, 15) is 9.59 Å². The highest BCUT2D eigenvalue weighted by Gasteiger charge is 2.24. The Bertz CT molecular complexity index is 1050. The molecule has 0 N–H and O–H groups in total. The van der Waals surface area contributed by atoms with Crippen molar-refractivity contribution in [2.45, 2.75) is 19.3 Å². The van der Waals surface area contributed by atoms with Crippen LogP contribution < -0.4 is 4.90 Å². The summed E-state index contributed by atoms with van der Waals surface area (Å²) in [5.74, 6) is -0.144. The number of hydrogen-bond donors (Lipinski definition) is 0. The highest BCUT2D eigenvalue weighted by Crippen LogP contribution is 2.28. The van der Waals surface area contributed by atoms with Crippen molar-refractivity contribution in [3.8, 4) is 0 Å². The highest BCUT2D eigenvalue weighted by molar-refractivity contribution is 6.08. The molecule has 5 nitrogen and oxygen atoms in total. The maximum Gasteiger partial charge on any atom is 0.258 e. The van der Waals surface area contributed by atoms with E-state index in [0.29, 0.717) is 24.2 Å². The molecule has 1 aliphatic rings. The van der Waals surface area contributed by atoms with Crippen LogP contribution in [0.1, 0.15) is 38.3 Å². The molecule has 0 spiro atoms. The van der Waals surface area contributed by atoms with Gasteiger partial charge in [0.2, 0.25) is 0 Å². The molecule has 0 fully saturated rings. The van der Waals surface area contributed by atoms with E-state index in [4.69, 9.17) is 0 Å². The number of anilines is 1. The van der Waals surface area contributed by atoms with E-state index < -0.39 is 0 Å². The van der Waals surface area contributed by atoms with Gasteiger partial charge in [0.05, 0.1) is 0 Å². The Labute approximate surface area is 177 Å². The second kappa shape index (κ2) is 8.91. The first-order chi connectivity index (χ1) is 14.6. The van der Waals surface area contributed by atoms with Crippen molar-refractivity contribution in [1.82, 2.24) is 9.88 Å². The average Bonchev–Trinajstić information content (AvgIpc) is 2.82. The quantitative estimate of drug-likeness (QED) is 0.652. The summed E-state index contributed by atoms with van der Waals surface area (Å²) in [5, 5.41) is 0. The molecule has 0 radical (unpaired) electrons. The van der Waals surface area contributed by atoms with Gasteiger partial charge in [0, 0.05) is 49.3 Å².